The predicted molar refractivity (Wildman–Crippen MR) is 148 cm³/mol. The van der Waals surface area contributed by atoms with Crippen molar-refractivity contribution >= 4 is 34.5 Å². The van der Waals surface area contributed by atoms with Gasteiger partial charge in [-0.1, -0.05) is 54.2 Å². The summed E-state index contributed by atoms with van der Waals surface area (Å²) < 4.78 is 0. The molecule has 1 unspecified atom stereocenters. The van der Waals surface area contributed by atoms with Crippen LogP contribution >= 0.6 is 11.8 Å². The van der Waals surface area contributed by atoms with Crippen LogP contribution in [0.2, 0.25) is 0 Å². The number of urea groups is 1. The van der Waals surface area contributed by atoms with Crippen molar-refractivity contribution in [3.05, 3.63) is 75.8 Å². The van der Waals surface area contributed by atoms with Crippen molar-refractivity contribution in [2.45, 2.75) is 25.8 Å². The lowest BCUT2D eigenvalue weighted by molar-refractivity contribution is -0.384. The molecule has 1 heterocycles. The summed E-state index contributed by atoms with van der Waals surface area (Å²) in [7, 11) is 2.00. The Balaban J connectivity index is 1.76. The van der Waals surface area contributed by atoms with E-state index in [9.17, 15) is 24.5 Å². The van der Waals surface area contributed by atoms with Crippen molar-refractivity contribution in [2.24, 2.45) is 0 Å². The van der Waals surface area contributed by atoms with Crippen LogP contribution in [0.15, 0.2) is 54.6 Å². The van der Waals surface area contributed by atoms with E-state index in [-0.39, 0.29) is 29.2 Å². The largest absolute Gasteiger partial charge is 0.338 e. The summed E-state index contributed by atoms with van der Waals surface area (Å²) in [6.45, 7) is 4.90. The first kappa shape index (κ1) is 29.1. The molecule has 38 heavy (non-hydrogen) atoms. The molecule has 0 aromatic heterocycles. The average molecular weight is 542 g/mol. The Morgan fingerprint density at radius 3 is 2.26 bits per heavy atom. The Morgan fingerprint density at radius 2 is 1.66 bits per heavy atom. The van der Waals surface area contributed by atoms with Crippen molar-refractivity contribution in [1.82, 2.24) is 20.0 Å². The first-order valence-electron chi connectivity index (χ1n) is 12.7. The van der Waals surface area contributed by atoms with Gasteiger partial charge in [0.1, 0.15) is 6.04 Å². The second-order valence-electron chi connectivity index (χ2n) is 9.32. The molecule has 3 amide bonds. The fourth-order valence-corrected chi connectivity index (χ4v) is 4.80. The minimum Gasteiger partial charge on any atom is -0.338 e. The van der Waals surface area contributed by atoms with Crippen LogP contribution in [0.25, 0.3) is 0 Å². The zero-order valence-electron chi connectivity index (χ0n) is 21.9. The molecule has 0 spiro atoms. The highest BCUT2D eigenvalue weighted by molar-refractivity contribution is 8.13. The summed E-state index contributed by atoms with van der Waals surface area (Å²) in [6.07, 6.45) is 0.849. The monoisotopic (exact) mass is 541 g/mol. The van der Waals surface area contributed by atoms with E-state index in [1.54, 1.807) is 21.9 Å². The Hall–Kier alpha value is -3.44. The van der Waals surface area contributed by atoms with Gasteiger partial charge < -0.3 is 20.0 Å². The summed E-state index contributed by atoms with van der Waals surface area (Å²) in [4.78, 5) is 54.6. The number of nitro groups is 1. The Morgan fingerprint density at radius 1 is 1.00 bits per heavy atom. The molecule has 0 aliphatic carbocycles. The Kier molecular flexibility index (Phi) is 11.1. The zero-order valence-corrected chi connectivity index (χ0v) is 22.7. The molecule has 1 fully saturated rings. The third-order valence-corrected chi connectivity index (χ3v) is 7.26. The SMILES string of the molecule is CC(=O)SCCN(CCc1ccccc1)C(=O)NC(Cc1ccc([N+](=O)[O-])cc1)C(=O)N1CCN(C)CC1. The first-order chi connectivity index (χ1) is 18.2. The van der Waals surface area contributed by atoms with Gasteiger partial charge in [0.2, 0.25) is 5.91 Å². The van der Waals surface area contributed by atoms with Crippen LogP contribution < -0.4 is 5.32 Å². The first-order valence-corrected chi connectivity index (χ1v) is 13.6. The average Bonchev–Trinajstić information content (AvgIpc) is 2.91. The highest BCUT2D eigenvalue weighted by Crippen LogP contribution is 2.15. The minimum absolute atomic E-state index is 0.0188. The van der Waals surface area contributed by atoms with Gasteiger partial charge in [-0.3, -0.25) is 19.7 Å². The van der Waals surface area contributed by atoms with Crippen LogP contribution in [0.4, 0.5) is 10.5 Å². The lowest BCUT2D eigenvalue weighted by Crippen LogP contribution is -2.57. The highest BCUT2D eigenvalue weighted by Gasteiger charge is 2.29. The molecule has 1 saturated heterocycles. The molecule has 2 aromatic carbocycles. The maximum atomic E-state index is 13.5. The van der Waals surface area contributed by atoms with Gasteiger partial charge in [-0.25, -0.2) is 4.79 Å². The Labute approximate surface area is 227 Å². The van der Waals surface area contributed by atoms with Crippen LogP contribution in [-0.4, -0.2) is 94.8 Å². The van der Waals surface area contributed by atoms with Gasteiger partial charge in [0, 0.05) is 70.5 Å². The lowest BCUT2D eigenvalue weighted by Gasteiger charge is -2.35. The van der Waals surface area contributed by atoms with Gasteiger partial charge in [-0.15, -0.1) is 0 Å². The van der Waals surface area contributed by atoms with Gasteiger partial charge in [0.15, 0.2) is 5.12 Å². The molecule has 2 aromatic rings. The van der Waals surface area contributed by atoms with E-state index in [2.05, 4.69) is 10.2 Å². The fraction of sp³-hybridized carbons (Fsp3) is 0.444. The van der Waals surface area contributed by atoms with E-state index in [4.69, 9.17) is 0 Å². The van der Waals surface area contributed by atoms with Gasteiger partial charge in [-0.05, 0) is 24.6 Å². The van der Waals surface area contributed by atoms with Crippen LogP contribution in [0.1, 0.15) is 18.1 Å². The van der Waals surface area contributed by atoms with Crippen LogP contribution in [0.5, 0.6) is 0 Å². The number of likely N-dealkylation sites (N-methyl/N-ethyl adjacent to an activating group) is 1. The fourth-order valence-electron chi connectivity index (χ4n) is 4.20. The van der Waals surface area contributed by atoms with Gasteiger partial charge in [0.25, 0.3) is 5.69 Å². The number of carbonyl (C=O) groups excluding carboxylic acids is 3. The lowest BCUT2D eigenvalue weighted by atomic mass is 10.0. The van der Waals surface area contributed by atoms with Crippen LogP contribution in [-0.2, 0) is 22.4 Å². The van der Waals surface area contributed by atoms with E-state index in [1.165, 1.54) is 19.1 Å². The maximum absolute atomic E-state index is 13.5. The number of hydrogen-bond donors (Lipinski definition) is 1. The second-order valence-corrected chi connectivity index (χ2v) is 10.6. The van der Waals surface area contributed by atoms with Crippen LogP contribution in [0.3, 0.4) is 0 Å². The predicted octanol–water partition coefficient (Wildman–Crippen LogP) is 2.81. The standard InChI is InChI=1S/C27H35N5O5S/c1-21(33)38-19-18-31(13-12-22-6-4-3-5-7-22)27(35)28-25(26(34)30-16-14-29(2)15-17-30)20-23-8-10-24(11-9-23)32(36)37/h3-11,25H,12-20H2,1-2H3,(H,28,35). The number of thioether (sulfide) groups is 1. The number of nitrogens with one attached hydrogen (secondary N) is 1. The minimum atomic E-state index is -0.827. The van der Waals surface area contributed by atoms with Crippen molar-refractivity contribution in [3.8, 4) is 0 Å². The number of non-ortho nitro benzene ring substituents is 1. The molecule has 1 atom stereocenters. The summed E-state index contributed by atoms with van der Waals surface area (Å²) in [5.41, 5.74) is 1.77. The topological polar surface area (TPSA) is 116 Å². The van der Waals surface area contributed by atoms with Gasteiger partial charge >= 0.3 is 6.03 Å². The summed E-state index contributed by atoms with van der Waals surface area (Å²) in [5, 5.41) is 14.0. The molecule has 1 aliphatic heterocycles. The molecule has 10 nitrogen and oxygen atoms in total. The maximum Gasteiger partial charge on any atom is 0.318 e. The highest BCUT2D eigenvalue weighted by atomic mass is 32.2. The smallest absolute Gasteiger partial charge is 0.318 e. The van der Waals surface area contributed by atoms with E-state index in [0.29, 0.717) is 43.9 Å². The summed E-state index contributed by atoms with van der Waals surface area (Å²) in [5.74, 6) is 0.280. The molecule has 3 rings (SSSR count). The molecular formula is C27H35N5O5S. The number of carbonyl (C=O) groups is 3. The summed E-state index contributed by atoms with van der Waals surface area (Å²) >= 11 is 1.16. The molecule has 1 aliphatic rings. The van der Waals surface area contributed by atoms with Crippen molar-refractivity contribution < 1.29 is 19.3 Å². The molecular weight excluding hydrogens is 506 g/mol. The van der Waals surface area contributed by atoms with Crippen LogP contribution in [0, 0.1) is 10.1 Å². The quantitative estimate of drug-likeness (QED) is 0.344. The number of piperazine rings is 1. The van der Waals surface area contributed by atoms with Gasteiger partial charge in [0.05, 0.1) is 4.92 Å². The molecule has 0 radical (unpaired) electrons. The normalized spacial score (nSPS) is 14.5. The molecule has 0 bridgehead atoms. The van der Waals surface area contributed by atoms with Crippen molar-refractivity contribution in [1.29, 1.82) is 0 Å². The molecule has 1 N–H and O–H groups in total. The van der Waals surface area contributed by atoms with E-state index >= 15 is 0 Å². The molecule has 204 valence electrons. The summed E-state index contributed by atoms with van der Waals surface area (Å²) in [6, 6.07) is 14.6. The number of benzene rings is 2. The molecule has 0 saturated carbocycles. The number of hydrogen-bond acceptors (Lipinski definition) is 7. The third-order valence-electron chi connectivity index (χ3n) is 6.46. The number of nitrogens with zero attached hydrogens (tertiary/aromatic N) is 4. The third kappa shape index (κ3) is 9.14. The van der Waals surface area contributed by atoms with Gasteiger partial charge in [-0.2, -0.15) is 0 Å². The van der Waals surface area contributed by atoms with E-state index < -0.39 is 11.0 Å². The van der Waals surface area contributed by atoms with Crippen molar-refractivity contribution in [3.63, 3.8) is 0 Å². The number of amides is 3. The number of rotatable bonds is 11. The zero-order chi connectivity index (χ0) is 27.5. The number of nitro benzene ring substituents is 1. The second kappa shape index (κ2) is 14.5. The van der Waals surface area contributed by atoms with Crippen molar-refractivity contribution in [2.75, 3.05) is 52.1 Å². The Bertz CT molecular complexity index is 1090. The molecule has 11 heteroatoms. The van der Waals surface area contributed by atoms with E-state index in [0.717, 1.165) is 30.4 Å². The van der Waals surface area contributed by atoms with E-state index in [1.807, 2.05) is 37.4 Å².